The van der Waals surface area contributed by atoms with Crippen molar-refractivity contribution in [3.63, 3.8) is 0 Å². The van der Waals surface area contributed by atoms with Crippen molar-refractivity contribution in [3.05, 3.63) is 0 Å². The molecule has 4 N–H and O–H groups in total. The predicted molar refractivity (Wildman–Crippen MR) is 20.2 cm³/mol. The quantitative estimate of drug-likeness (QED) is 0.188. The van der Waals surface area contributed by atoms with Gasteiger partial charge in [-0.25, -0.2) is 4.78 Å². The molecule has 26 valence electrons. The van der Waals surface area contributed by atoms with Crippen molar-refractivity contribution in [3.8, 4) is 0 Å². The summed E-state index contributed by atoms with van der Waals surface area (Å²) in [6.45, 7) is 0. The van der Waals surface area contributed by atoms with Crippen molar-refractivity contribution >= 4 is 10.4 Å². The van der Waals surface area contributed by atoms with Gasteiger partial charge in [0.2, 0.25) is 0 Å². The first kappa shape index (κ1) is 4.10. The average Bonchev–Trinajstić information content (AvgIpc) is 0.811. The molecule has 0 aromatic rings. The summed E-state index contributed by atoms with van der Waals surface area (Å²) in [5.41, 5.74) is 0. The molecule has 0 unspecified atom stereocenters. The molecule has 0 heterocycles. The average molecular weight is 77.2 g/mol. The summed E-state index contributed by atoms with van der Waals surface area (Å²) in [7, 11) is 0.738. The van der Waals surface area contributed by atoms with E-state index in [0.717, 1.165) is 15.2 Å². The van der Waals surface area contributed by atoms with E-state index in [1.54, 1.807) is 0 Å². The van der Waals surface area contributed by atoms with E-state index >= 15 is 0 Å². The Kier molecular flexibility index (Phi) is 1.45. The van der Waals surface area contributed by atoms with Crippen LogP contribution < -0.4 is 11.7 Å². The first-order valence-electron chi connectivity index (χ1n) is 0.964. The van der Waals surface area contributed by atoms with Gasteiger partial charge in [0.1, 0.15) is 10.4 Å². The lowest BCUT2D eigenvalue weighted by molar-refractivity contribution is 0.509. The molecule has 0 aliphatic carbocycles. The van der Waals surface area contributed by atoms with Crippen LogP contribution in [0.25, 0.3) is 0 Å². The normalized spacial score (nSPS) is 9.75. The van der Waals surface area contributed by atoms with Crippen LogP contribution in [-0.4, -0.2) is 15.2 Å². The highest BCUT2D eigenvalue weighted by Gasteiger charge is 1.56. The van der Waals surface area contributed by atoms with E-state index in [0.29, 0.717) is 0 Å². The highest BCUT2D eigenvalue weighted by molar-refractivity contribution is 6.03. The third-order valence-corrected chi connectivity index (χ3v) is 0. The summed E-state index contributed by atoms with van der Waals surface area (Å²) in [5, 5.41) is 0. The van der Waals surface area contributed by atoms with E-state index in [9.17, 15) is 0 Å². The van der Waals surface area contributed by atoms with Crippen LogP contribution in [-0.2, 0) is 0 Å². The third kappa shape index (κ3) is 269. The molecule has 4 heteroatoms. The summed E-state index contributed by atoms with van der Waals surface area (Å²) in [6.07, 6.45) is 0. The molecule has 4 heavy (non-hydrogen) atoms. The fourth-order valence-corrected chi connectivity index (χ4v) is 0. The van der Waals surface area contributed by atoms with Crippen LogP contribution in [0.5, 0.6) is 0 Å². The molecule has 0 aromatic carbocycles. The largest absolute Gasteiger partial charge is 0.263 e. The second-order valence-corrected chi connectivity index (χ2v) is 1.70. The van der Waals surface area contributed by atoms with Gasteiger partial charge in [0.05, 0.1) is 0 Å². The lowest BCUT2D eigenvalue weighted by Gasteiger charge is -1.92. The number of hydrazine groups is 2. The monoisotopic (exact) mass is 77.0 g/mol. The van der Waals surface area contributed by atoms with E-state index in [-0.39, 0.29) is 0 Å². The van der Waals surface area contributed by atoms with Crippen molar-refractivity contribution in [2.75, 3.05) is 0 Å². The molecule has 0 rings (SSSR count). The van der Waals surface area contributed by atoms with E-state index in [4.69, 9.17) is 11.7 Å². The van der Waals surface area contributed by atoms with Gasteiger partial charge in [-0.2, -0.15) is 0 Å². The smallest absolute Gasteiger partial charge is 0.119 e. The van der Waals surface area contributed by atoms with Crippen LogP contribution in [0.1, 0.15) is 0 Å². The van der Waals surface area contributed by atoms with Crippen LogP contribution in [0.4, 0.5) is 0 Å². The van der Waals surface area contributed by atoms with Crippen molar-refractivity contribution in [2.45, 2.75) is 0 Å². The molecule has 0 bridgehead atoms. The Bertz CT molecular complexity index is 8.00. The molecule has 0 radical (unpaired) electrons. The minimum absolute atomic E-state index is 0.738. The molecule has 3 nitrogen and oxygen atoms in total. The van der Waals surface area contributed by atoms with E-state index < -0.39 is 0 Å². The molecular weight excluding hydrogens is 70.1 g/mol. The third-order valence-electron chi connectivity index (χ3n) is 0. The maximum atomic E-state index is 4.78. The first-order valence-corrected chi connectivity index (χ1v) is 1.86. The molecule has 0 atom stereocenters. The van der Waals surface area contributed by atoms with Gasteiger partial charge < -0.3 is 0 Å². The molecule has 0 saturated heterocycles. The number of nitrogens with two attached hydrogens (primary N) is 2. The molecule has 0 aromatic heterocycles. The molecule has 0 aliphatic heterocycles. The summed E-state index contributed by atoms with van der Waals surface area (Å²) in [5.74, 6) is 9.57. The SMILES string of the molecule is NN(N)[SiH3]. The van der Waals surface area contributed by atoms with E-state index in [2.05, 4.69) is 0 Å². The zero-order chi connectivity index (χ0) is 3.58. The Morgan fingerprint density at radius 3 is 1.50 bits per heavy atom. The van der Waals surface area contributed by atoms with Crippen LogP contribution in [0.15, 0.2) is 0 Å². The van der Waals surface area contributed by atoms with Crippen molar-refractivity contribution in [1.29, 1.82) is 0 Å². The van der Waals surface area contributed by atoms with Gasteiger partial charge in [-0.1, -0.05) is 0 Å². The maximum absolute atomic E-state index is 4.78. The Balaban J connectivity index is 2.32. The fourth-order valence-electron chi connectivity index (χ4n) is 0. The van der Waals surface area contributed by atoms with E-state index in [1.165, 1.54) is 0 Å². The molecule has 0 amide bonds. The minimum Gasteiger partial charge on any atom is -0.263 e. The first-order chi connectivity index (χ1) is 1.73. The summed E-state index contributed by atoms with van der Waals surface area (Å²) in [4.78, 5) is 1.14. The van der Waals surface area contributed by atoms with Crippen molar-refractivity contribution < 1.29 is 0 Å². The van der Waals surface area contributed by atoms with Gasteiger partial charge in [-0.3, -0.25) is 11.7 Å². The molecule has 0 fully saturated rings. The van der Waals surface area contributed by atoms with Crippen LogP contribution in [0, 0.1) is 0 Å². The lowest BCUT2D eigenvalue weighted by atomic mass is 12.6. The molecule has 0 spiro atoms. The van der Waals surface area contributed by atoms with Gasteiger partial charge in [-0.15, -0.1) is 0 Å². The fraction of sp³-hybridized carbons (Fsp3) is 0. The second kappa shape index (κ2) is 1.42. The molecular formula is H7N3Si. The van der Waals surface area contributed by atoms with E-state index in [1.807, 2.05) is 0 Å². The highest BCUT2D eigenvalue weighted by Crippen LogP contribution is 1.21. The highest BCUT2D eigenvalue weighted by atomic mass is 28.2. The second-order valence-electron chi connectivity index (χ2n) is 0.665. The zero-order valence-electron chi connectivity index (χ0n) is 2.60. The number of nitrogens with zero attached hydrogens (tertiary/aromatic N) is 1. The zero-order valence-corrected chi connectivity index (χ0v) is 4.60. The van der Waals surface area contributed by atoms with Gasteiger partial charge in [0.15, 0.2) is 0 Å². The van der Waals surface area contributed by atoms with Crippen LogP contribution >= 0.6 is 0 Å². The molecule has 0 aliphatic rings. The van der Waals surface area contributed by atoms with Gasteiger partial charge in [0, 0.05) is 0 Å². The lowest BCUT2D eigenvalue weighted by Crippen LogP contribution is -2.34. The number of rotatable bonds is 0. The van der Waals surface area contributed by atoms with Crippen molar-refractivity contribution in [2.24, 2.45) is 11.7 Å². The summed E-state index contributed by atoms with van der Waals surface area (Å²) < 4.78 is 0. The Hall–Kier alpha value is 0.0969. The maximum Gasteiger partial charge on any atom is 0.119 e. The van der Waals surface area contributed by atoms with Crippen LogP contribution in [0.2, 0.25) is 0 Å². The Morgan fingerprint density at radius 2 is 1.50 bits per heavy atom. The standard InChI is InChI=1S/H7N3Si/c1-3(2)4/h1-2H2,4H3. The van der Waals surface area contributed by atoms with Gasteiger partial charge in [-0.05, 0) is 0 Å². The number of hydrogen-bond acceptors (Lipinski definition) is 3. The Morgan fingerprint density at radius 1 is 1.50 bits per heavy atom. The van der Waals surface area contributed by atoms with Gasteiger partial charge in [0.25, 0.3) is 0 Å². The topological polar surface area (TPSA) is 55.3 Å². The van der Waals surface area contributed by atoms with Crippen molar-refractivity contribution in [1.82, 2.24) is 4.78 Å². The summed E-state index contributed by atoms with van der Waals surface area (Å²) >= 11 is 0. The van der Waals surface area contributed by atoms with Gasteiger partial charge >= 0.3 is 0 Å². The Labute approximate surface area is 28.0 Å². The number of hydrogen-bond donors (Lipinski definition) is 2. The predicted octanol–water partition coefficient (Wildman–Crippen LogP) is -2.68. The van der Waals surface area contributed by atoms with Crippen LogP contribution in [0.3, 0.4) is 0 Å². The molecule has 0 saturated carbocycles. The summed E-state index contributed by atoms with van der Waals surface area (Å²) in [6, 6.07) is 0. The minimum atomic E-state index is 0.738.